The molecule has 1 aliphatic carbocycles. The quantitative estimate of drug-likeness (QED) is 0.905. The van der Waals surface area contributed by atoms with Gasteiger partial charge in [-0.1, -0.05) is 12.5 Å². The lowest BCUT2D eigenvalue weighted by atomic mass is 9.81. The average Bonchev–Trinajstić information content (AvgIpc) is 2.38. The molecule has 1 aromatic heterocycles. The summed E-state index contributed by atoms with van der Waals surface area (Å²) < 4.78 is 23.3. The second-order valence-corrected chi connectivity index (χ2v) is 7.52. The van der Waals surface area contributed by atoms with E-state index in [2.05, 4.69) is 4.98 Å². The van der Waals surface area contributed by atoms with E-state index in [-0.39, 0.29) is 17.2 Å². The zero-order valence-electron chi connectivity index (χ0n) is 10.6. The van der Waals surface area contributed by atoms with Crippen LogP contribution in [0.25, 0.3) is 0 Å². The predicted octanol–water partition coefficient (Wildman–Crippen LogP) is 1.68. The summed E-state index contributed by atoms with van der Waals surface area (Å²) in [6, 6.07) is 3.72. The molecule has 1 aliphatic rings. The van der Waals surface area contributed by atoms with Crippen LogP contribution >= 0.6 is 0 Å². The third kappa shape index (κ3) is 3.09. The smallest absolute Gasteiger partial charge is 0.150 e. The molecule has 1 aromatic rings. The van der Waals surface area contributed by atoms with E-state index in [1.807, 2.05) is 12.1 Å². The fourth-order valence-corrected chi connectivity index (χ4v) is 3.93. The van der Waals surface area contributed by atoms with Crippen molar-refractivity contribution in [3.63, 3.8) is 0 Å². The fraction of sp³-hybridized carbons (Fsp3) is 0.615. The number of hydrogen-bond acceptors (Lipinski definition) is 4. The fourth-order valence-electron chi connectivity index (χ4n) is 2.74. The van der Waals surface area contributed by atoms with Crippen molar-refractivity contribution in [2.75, 3.05) is 6.26 Å². The summed E-state index contributed by atoms with van der Waals surface area (Å²) in [4.78, 5) is 4.07. The highest BCUT2D eigenvalue weighted by Gasteiger charge is 2.32. The summed E-state index contributed by atoms with van der Waals surface area (Å²) >= 11 is 0. The molecule has 2 rings (SSSR count). The lowest BCUT2D eigenvalue weighted by Crippen LogP contribution is -2.33. The number of pyridine rings is 1. The van der Waals surface area contributed by atoms with Gasteiger partial charge in [0.25, 0.3) is 0 Å². The first kappa shape index (κ1) is 13.5. The molecule has 3 unspecified atom stereocenters. The van der Waals surface area contributed by atoms with E-state index in [0.717, 1.165) is 24.8 Å². The van der Waals surface area contributed by atoms with Crippen LogP contribution in [0.1, 0.15) is 37.3 Å². The van der Waals surface area contributed by atoms with Gasteiger partial charge in [0.2, 0.25) is 0 Å². The third-order valence-electron chi connectivity index (χ3n) is 3.85. The van der Waals surface area contributed by atoms with Gasteiger partial charge < -0.3 is 5.73 Å². The lowest BCUT2D eigenvalue weighted by molar-refractivity contribution is 0.308. The molecule has 0 amide bonds. The molecule has 100 valence electrons. The molecule has 0 bridgehead atoms. The summed E-state index contributed by atoms with van der Waals surface area (Å²) in [5.74, 6) is 0.239. The first-order valence-corrected chi connectivity index (χ1v) is 8.28. The van der Waals surface area contributed by atoms with Crippen LogP contribution in [0.4, 0.5) is 0 Å². The van der Waals surface area contributed by atoms with Gasteiger partial charge in [0.1, 0.15) is 9.84 Å². The minimum Gasteiger partial charge on any atom is -0.324 e. The van der Waals surface area contributed by atoms with Crippen LogP contribution < -0.4 is 5.73 Å². The Morgan fingerprint density at radius 3 is 2.83 bits per heavy atom. The van der Waals surface area contributed by atoms with E-state index in [0.29, 0.717) is 6.42 Å². The van der Waals surface area contributed by atoms with Gasteiger partial charge in [0.05, 0.1) is 5.25 Å². The Bertz CT molecular complexity index is 487. The molecular weight excluding hydrogens is 248 g/mol. The van der Waals surface area contributed by atoms with E-state index < -0.39 is 9.84 Å². The summed E-state index contributed by atoms with van der Waals surface area (Å²) in [5, 5.41) is -0.223. The monoisotopic (exact) mass is 268 g/mol. The number of nitrogens with two attached hydrogens (primary N) is 1. The predicted molar refractivity (Wildman–Crippen MR) is 71.8 cm³/mol. The van der Waals surface area contributed by atoms with Crippen molar-refractivity contribution < 1.29 is 8.42 Å². The van der Waals surface area contributed by atoms with Crippen LogP contribution in [-0.2, 0) is 9.84 Å². The molecule has 0 aromatic carbocycles. The molecule has 3 atom stereocenters. The van der Waals surface area contributed by atoms with E-state index in [4.69, 9.17) is 5.73 Å². The molecule has 0 saturated heterocycles. The maximum atomic E-state index is 11.6. The highest BCUT2D eigenvalue weighted by atomic mass is 32.2. The van der Waals surface area contributed by atoms with Crippen molar-refractivity contribution in [1.82, 2.24) is 4.98 Å². The summed E-state index contributed by atoms with van der Waals surface area (Å²) in [6.45, 7) is 0. The van der Waals surface area contributed by atoms with Crippen molar-refractivity contribution in [2.45, 2.75) is 37.0 Å². The highest BCUT2D eigenvalue weighted by molar-refractivity contribution is 7.91. The number of sulfone groups is 1. The summed E-state index contributed by atoms with van der Waals surface area (Å²) in [6.07, 6.45) is 8.21. The van der Waals surface area contributed by atoms with Gasteiger partial charge >= 0.3 is 0 Å². The van der Waals surface area contributed by atoms with Crippen molar-refractivity contribution in [3.8, 4) is 0 Å². The molecular formula is C13H20N2O2S. The van der Waals surface area contributed by atoms with E-state index >= 15 is 0 Å². The van der Waals surface area contributed by atoms with Gasteiger partial charge in [-0.15, -0.1) is 0 Å². The number of aromatic nitrogens is 1. The molecule has 0 radical (unpaired) electrons. The maximum absolute atomic E-state index is 11.6. The van der Waals surface area contributed by atoms with Crippen LogP contribution in [-0.4, -0.2) is 24.9 Å². The standard InChI is InChI=1S/C13H20N2O2S/c1-18(16,17)12-6-2-4-10(8-12)13(14)11-5-3-7-15-9-11/h3,5,7,9-10,12-13H,2,4,6,8,14H2,1H3. The van der Waals surface area contributed by atoms with Crippen molar-refractivity contribution in [3.05, 3.63) is 30.1 Å². The van der Waals surface area contributed by atoms with Gasteiger partial charge in [-0.25, -0.2) is 8.42 Å². The van der Waals surface area contributed by atoms with E-state index in [1.54, 1.807) is 12.4 Å². The lowest BCUT2D eigenvalue weighted by Gasteiger charge is -2.32. The van der Waals surface area contributed by atoms with Gasteiger partial charge in [-0.05, 0) is 36.8 Å². The molecule has 1 heterocycles. The highest BCUT2D eigenvalue weighted by Crippen LogP contribution is 2.35. The zero-order valence-corrected chi connectivity index (χ0v) is 11.4. The average molecular weight is 268 g/mol. The van der Waals surface area contributed by atoms with Crippen LogP contribution in [0.3, 0.4) is 0 Å². The normalized spacial score (nSPS) is 26.8. The Labute approximate surface area is 109 Å². The third-order valence-corrected chi connectivity index (χ3v) is 5.49. The van der Waals surface area contributed by atoms with Crippen LogP contribution in [0.5, 0.6) is 0 Å². The summed E-state index contributed by atoms with van der Waals surface area (Å²) in [5.41, 5.74) is 7.24. The summed E-state index contributed by atoms with van der Waals surface area (Å²) in [7, 11) is -2.95. The Morgan fingerprint density at radius 1 is 1.44 bits per heavy atom. The zero-order chi connectivity index (χ0) is 13.2. The van der Waals surface area contributed by atoms with Crippen LogP contribution in [0.2, 0.25) is 0 Å². The first-order valence-electron chi connectivity index (χ1n) is 6.33. The van der Waals surface area contributed by atoms with E-state index in [1.165, 1.54) is 6.26 Å². The molecule has 1 saturated carbocycles. The number of hydrogen-bond donors (Lipinski definition) is 1. The van der Waals surface area contributed by atoms with Gasteiger partial charge in [-0.2, -0.15) is 0 Å². The van der Waals surface area contributed by atoms with Gasteiger partial charge in [0, 0.05) is 24.7 Å². The first-order chi connectivity index (χ1) is 8.48. The minimum atomic E-state index is -2.95. The second-order valence-electron chi connectivity index (χ2n) is 5.19. The van der Waals surface area contributed by atoms with Crippen molar-refractivity contribution in [2.24, 2.45) is 11.7 Å². The van der Waals surface area contributed by atoms with Crippen LogP contribution in [0.15, 0.2) is 24.5 Å². The van der Waals surface area contributed by atoms with Gasteiger partial charge in [-0.3, -0.25) is 4.98 Å². The topological polar surface area (TPSA) is 73.0 Å². The number of nitrogens with zero attached hydrogens (tertiary/aromatic N) is 1. The SMILES string of the molecule is CS(=O)(=O)C1CCCC(C(N)c2cccnc2)C1. The maximum Gasteiger partial charge on any atom is 0.150 e. The Hall–Kier alpha value is -0.940. The Balaban J connectivity index is 2.10. The minimum absolute atomic E-state index is 0.108. The second kappa shape index (κ2) is 5.36. The molecule has 0 aliphatic heterocycles. The van der Waals surface area contributed by atoms with Crippen molar-refractivity contribution >= 4 is 9.84 Å². The molecule has 5 heteroatoms. The molecule has 4 nitrogen and oxygen atoms in total. The Kier molecular flexibility index (Phi) is 4.02. The van der Waals surface area contributed by atoms with Crippen LogP contribution in [0, 0.1) is 5.92 Å². The van der Waals surface area contributed by atoms with E-state index in [9.17, 15) is 8.42 Å². The largest absolute Gasteiger partial charge is 0.324 e. The Morgan fingerprint density at radius 2 is 2.22 bits per heavy atom. The molecule has 1 fully saturated rings. The molecule has 2 N–H and O–H groups in total. The number of rotatable bonds is 3. The van der Waals surface area contributed by atoms with Gasteiger partial charge in [0.15, 0.2) is 0 Å². The van der Waals surface area contributed by atoms with Crippen molar-refractivity contribution in [1.29, 1.82) is 0 Å². The molecule has 0 spiro atoms. The molecule has 18 heavy (non-hydrogen) atoms.